The maximum absolute atomic E-state index is 12.7. The number of hydrogen-bond donors (Lipinski definition) is 3. The standard InChI is InChI=1S/C17H24N4O2.C17H27N3O3S/c1-2-21-15-13(14(20-21)5-3-4-8-18)11-17(12-19-16(15)22)6-9-23-10-7-17;1-2-20-15-13(14(19-20)4-3-7-23-12-24)10-17(11-18-16(15)21)5-8-22-9-6-17/h2-7,9-12H2,1H3,(H,19,22);24H,2-12H2,1H3,(H,18,21). The van der Waals surface area contributed by atoms with E-state index in [2.05, 4.69) is 34.4 Å². The highest BCUT2D eigenvalue weighted by Crippen LogP contribution is 2.39. The molecule has 6 heterocycles. The average Bonchev–Trinajstić information content (AvgIpc) is 3.53. The van der Waals surface area contributed by atoms with Gasteiger partial charge in [-0.1, -0.05) is 0 Å². The highest BCUT2D eigenvalue weighted by Gasteiger charge is 2.41. The van der Waals surface area contributed by atoms with Crippen LogP contribution in [-0.2, 0) is 53.0 Å². The van der Waals surface area contributed by atoms with E-state index in [1.54, 1.807) is 0 Å². The molecule has 0 bridgehead atoms. The highest BCUT2D eigenvalue weighted by molar-refractivity contribution is 7.80. The summed E-state index contributed by atoms with van der Waals surface area (Å²) in [6, 6.07) is 2.19. The molecular weight excluding hydrogens is 618 g/mol. The second-order valence-corrected chi connectivity index (χ2v) is 13.5. The molecule has 2 fully saturated rings. The van der Waals surface area contributed by atoms with Gasteiger partial charge in [0.05, 0.1) is 23.4 Å². The molecular formula is C34H51N7O5S. The summed E-state index contributed by atoms with van der Waals surface area (Å²) in [5.41, 5.74) is 5.97. The molecule has 0 unspecified atom stereocenters. The van der Waals surface area contributed by atoms with Crippen LogP contribution in [0.2, 0.25) is 0 Å². The lowest BCUT2D eigenvalue weighted by Gasteiger charge is -2.36. The fourth-order valence-corrected chi connectivity index (χ4v) is 7.60. The molecule has 0 aliphatic carbocycles. The van der Waals surface area contributed by atoms with Crippen molar-refractivity contribution in [3.63, 3.8) is 0 Å². The quantitative estimate of drug-likeness (QED) is 0.198. The van der Waals surface area contributed by atoms with Crippen LogP contribution in [0.1, 0.15) is 102 Å². The molecule has 47 heavy (non-hydrogen) atoms. The van der Waals surface area contributed by atoms with Gasteiger partial charge in [0, 0.05) is 76.8 Å². The molecule has 4 aliphatic rings. The number of ether oxygens (including phenoxy) is 3. The van der Waals surface area contributed by atoms with Gasteiger partial charge in [-0.3, -0.25) is 19.0 Å². The Hall–Kier alpha value is -2.92. The number of thiol groups is 1. The van der Waals surface area contributed by atoms with Crippen molar-refractivity contribution in [2.45, 2.75) is 97.6 Å². The molecule has 13 heteroatoms. The first-order valence-electron chi connectivity index (χ1n) is 17.3. The Labute approximate surface area is 283 Å². The van der Waals surface area contributed by atoms with Crippen LogP contribution in [0.15, 0.2) is 0 Å². The molecule has 4 aliphatic heterocycles. The third kappa shape index (κ3) is 8.21. The fourth-order valence-electron chi connectivity index (χ4n) is 7.47. The molecule has 2 amide bonds. The third-order valence-corrected chi connectivity index (χ3v) is 10.4. The number of carbonyl (C=O) groups is 2. The van der Waals surface area contributed by atoms with Crippen LogP contribution in [0, 0.1) is 22.2 Å². The van der Waals surface area contributed by atoms with Crippen molar-refractivity contribution in [1.82, 2.24) is 30.2 Å². The first-order valence-corrected chi connectivity index (χ1v) is 18.0. The smallest absolute Gasteiger partial charge is 0.269 e. The van der Waals surface area contributed by atoms with E-state index >= 15 is 0 Å². The number of nitrogens with one attached hydrogen (secondary N) is 2. The number of aromatic nitrogens is 4. The summed E-state index contributed by atoms with van der Waals surface area (Å²) < 4.78 is 20.1. The highest BCUT2D eigenvalue weighted by atomic mass is 32.1. The van der Waals surface area contributed by atoms with Crippen LogP contribution < -0.4 is 10.6 Å². The van der Waals surface area contributed by atoms with Crippen molar-refractivity contribution in [3.05, 3.63) is 33.9 Å². The number of rotatable bonds is 10. The minimum atomic E-state index is -0.00995. The summed E-state index contributed by atoms with van der Waals surface area (Å²) in [5.74, 6) is 0.442. The number of aryl methyl sites for hydroxylation is 4. The number of unbranched alkanes of at least 4 members (excludes halogenated alkanes) is 1. The van der Waals surface area contributed by atoms with Crippen LogP contribution >= 0.6 is 12.6 Å². The Balaban J connectivity index is 0.000000185. The van der Waals surface area contributed by atoms with Gasteiger partial charge in [0.1, 0.15) is 11.4 Å². The van der Waals surface area contributed by atoms with E-state index in [1.165, 1.54) is 0 Å². The van der Waals surface area contributed by atoms with Gasteiger partial charge < -0.3 is 24.8 Å². The van der Waals surface area contributed by atoms with Crippen LogP contribution in [0.25, 0.3) is 0 Å². The lowest BCUT2D eigenvalue weighted by atomic mass is 9.75. The molecule has 0 radical (unpaired) electrons. The van der Waals surface area contributed by atoms with Crippen molar-refractivity contribution >= 4 is 24.4 Å². The molecule has 2 saturated heterocycles. The van der Waals surface area contributed by atoms with Crippen LogP contribution in [-0.4, -0.2) is 83.4 Å². The predicted molar refractivity (Wildman–Crippen MR) is 180 cm³/mol. The van der Waals surface area contributed by atoms with Crippen LogP contribution in [0.5, 0.6) is 0 Å². The zero-order valence-corrected chi connectivity index (χ0v) is 29.0. The summed E-state index contributed by atoms with van der Waals surface area (Å²) >= 11 is 4.06. The number of fused-ring (bicyclic) bond motifs is 2. The number of amides is 2. The fraction of sp³-hybridized carbons (Fsp3) is 0.735. The molecule has 2 aromatic heterocycles. The van der Waals surface area contributed by atoms with Gasteiger partial charge in [-0.2, -0.15) is 28.1 Å². The van der Waals surface area contributed by atoms with Gasteiger partial charge in [-0.15, -0.1) is 0 Å². The maximum Gasteiger partial charge on any atom is 0.269 e. The largest absolute Gasteiger partial charge is 0.381 e. The summed E-state index contributed by atoms with van der Waals surface area (Å²) in [5, 5.41) is 24.4. The number of nitrogens with zero attached hydrogens (tertiary/aromatic N) is 5. The van der Waals surface area contributed by atoms with Crippen molar-refractivity contribution in [1.29, 1.82) is 5.26 Å². The Kier molecular flexibility index (Phi) is 12.4. The van der Waals surface area contributed by atoms with Crippen molar-refractivity contribution in [2.24, 2.45) is 10.8 Å². The molecule has 2 aromatic rings. The predicted octanol–water partition coefficient (Wildman–Crippen LogP) is 3.65. The lowest BCUT2D eigenvalue weighted by molar-refractivity contribution is 0.0159. The molecule has 2 N–H and O–H groups in total. The Bertz CT molecular complexity index is 1420. The SMILES string of the molecule is CCn1nc(CCCC#N)c2c1C(=O)NCC1(CCOCC1)C2.CCn1nc(CCCOCS)c2c1C(=O)NCC1(CCOCC1)C2. The number of carbonyl (C=O) groups excluding carboxylic acids is 2. The van der Waals surface area contributed by atoms with Crippen molar-refractivity contribution in [2.75, 3.05) is 52.1 Å². The molecule has 2 spiro atoms. The van der Waals surface area contributed by atoms with Gasteiger partial charge >= 0.3 is 0 Å². The van der Waals surface area contributed by atoms with Crippen LogP contribution in [0.3, 0.4) is 0 Å². The molecule has 0 atom stereocenters. The van der Waals surface area contributed by atoms with E-state index in [0.29, 0.717) is 38.6 Å². The van der Waals surface area contributed by atoms with Gasteiger partial charge in [0.15, 0.2) is 0 Å². The van der Waals surface area contributed by atoms with Crippen molar-refractivity contribution in [3.8, 4) is 6.07 Å². The van der Waals surface area contributed by atoms with Gasteiger partial charge in [-0.05, 0) is 88.9 Å². The zero-order chi connectivity index (χ0) is 33.3. The van der Waals surface area contributed by atoms with E-state index in [-0.39, 0.29) is 22.6 Å². The van der Waals surface area contributed by atoms with E-state index in [1.807, 2.05) is 23.2 Å². The Morgan fingerprint density at radius 1 is 0.830 bits per heavy atom. The maximum atomic E-state index is 12.7. The molecule has 6 rings (SSSR count). The zero-order valence-electron chi connectivity index (χ0n) is 28.1. The van der Waals surface area contributed by atoms with Gasteiger partial charge in [0.2, 0.25) is 0 Å². The average molecular weight is 670 g/mol. The minimum Gasteiger partial charge on any atom is -0.381 e. The topological polar surface area (TPSA) is 145 Å². The van der Waals surface area contributed by atoms with E-state index < -0.39 is 0 Å². The van der Waals surface area contributed by atoms with Crippen LogP contribution in [0.4, 0.5) is 0 Å². The number of hydrogen-bond acceptors (Lipinski definition) is 9. The summed E-state index contributed by atoms with van der Waals surface area (Å²) in [6.45, 7) is 10.6. The lowest BCUT2D eigenvalue weighted by Crippen LogP contribution is -2.40. The summed E-state index contributed by atoms with van der Waals surface area (Å²) in [6.07, 6.45) is 9.54. The number of nitriles is 1. The van der Waals surface area contributed by atoms with Crippen molar-refractivity contribution < 1.29 is 23.8 Å². The molecule has 258 valence electrons. The monoisotopic (exact) mass is 669 g/mol. The van der Waals surface area contributed by atoms with Gasteiger partial charge in [0.25, 0.3) is 11.8 Å². The van der Waals surface area contributed by atoms with E-state index in [9.17, 15) is 9.59 Å². The molecule has 0 aromatic carbocycles. The van der Waals surface area contributed by atoms with E-state index in [4.69, 9.17) is 24.6 Å². The minimum absolute atomic E-state index is 0.00995. The van der Waals surface area contributed by atoms with Gasteiger partial charge in [-0.25, -0.2) is 0 Å². The molecule has 0 saturated carbocycles. The summed E-state index contributed by atoms with van der Waals surface area (Å²) in [7, 11) is 0. The Morgan fingerprint density at radius 3 is 1.72 bits per heavy atom. The van der Waals surface area contributed by atoms with E-state index in [0.717, 1.165) is 131 Å². The molecule has 12 nitrogen and oxygen atoms in total. The second-order valence-electron chi connectivity index (χ2n) is 13.3. The Morgan fingerprint density at radius 2 is 1.30 bits per heavy atom. The first kappa shape index (κ1) is 35.4. The first-order chi connectivity index (χ1) is 22.9. The normalized spacial score (nSPS) is 19.8. The second kappa shape index (κ2) is 16.5. The third-order valence-electron chi connectivity index (χ3n) is 10.3. The summed E-state index contributed by atoms with van der Waals surface area (Å²) in [4.78, 5) is 25.3.